The maximum atomic E-state index is 4.00. The third-order valence-corrected chi connectivity index (χ3v) is 2.17. The first-order chi connectivity index (χ1) is 6.83. The molecular formula is C11H22Cl3N3. The summed E-state index contributed by atoms with van der Waals surface area (Å²) in [5, 5.41) is 3.15. The smallest absolute Gasteiger partial charge is 0.0271 e. The van der Waals surface area contributed by atoms with Gasteiger partial charge in [-0.1, -0.05) is 0 Å². The molecule has 0 saturated heterocycles. The van der Waals surface area contributed by atoms with Crippen LogP contribution in [0.2, 0.25) is 0 Å². The minimum atomic E-state index is 0. The molecule has 0 aromatic carbocycles. The molecule has 17 heavy (non-hydrogen) atoms. The van der Waals surface area contributed by atoms with Gasteiger partial charge in [-0.15, -0.1) is 37.2 Å². The zero-order chi connectivity index (χ0) is 10.2. The number of hydrogen-bond donors (Lipinski definition) is 1. The molecule has 1 rings (SSSR count). The Balaban J connectivity index is -0.000000653. The molecular weight excluding hydrogens is 281 g/mol. The number of rotatable bonds is 6. The van der Waals surface area contributed by atoms with Crippen LogP contribution in [-0.2, 0) is 6.54 Å². The molecule has 0 aliphatic carbocycles. The topological polar surface area (TPSA) is 28.2 Å². The van der Waals surface area contributed by atoms with Crippen molar-refractivity contribution in [3.8, 4) is 0 Å². The van der Waals surface area contributed by atoms with E-state index in [0.717, 1.165) is 19.6 Å². The molecule has 0 aliphatic rings. The average molecular weight is 303 g/mol. The highest BCUT2D eigenvalue weighted by Gasteiger charge is 1.98. The average Bonchev–Trinajstić information content (AvgIpc) is 2.20. The van der Waals surface area contributed by atoms with E-state index in [9.17, 15) is 0 Å². The predicted octanol–water partition coefficient (Wildman–Crippen LogP) is 2.39. The van der Waals surface area contributed by atoms with Crippen molar-refractivity contribution in [2.45, 2.75) is 13.0 Å². The first-order valence-electron chi connectivity index (χ1n) is 5.05. The largest absolute Gasteiger partial charge is 0.320 e. The second kappa shape index (κ2) is 14.0. The summed E-state index contributed by atoms with van der Waals surface area (Å²) in [6.07, 6.45) is 4.88. The molecule has 6 heteroatoms. The first-order valence-corrected chi connectivity index (χ1v) is 5.05. The summed E-state index contributed by atoms with van der Waals surface area (Å²) in [4.78, 5) is 6.33. The van der Waals surface area contributed by atoms with Gasteiger partial charge in [-0.25, -0.2) is 0 Å². The Hall–Kier alpha value is -0.0600. The number of nitrogens with zero attached hydrogens (tertiary/aromatic N) is 2. The maximum absolute atomic E-state index is 4.00. The van der Waals surface area contributed by atoms with E-state index < -0.39 is 0 Å². The van der Waals surface area contributed by atoms with Gasteiger partial charge in [-0.05, 0) is 51.3 Å². The van der Waals surface area contributed by atoms with E-state index in [1.807, 2.05) is 19.4 Å². The summed E-state index contributed by atoms with van der Waals surface area (Å²) in [5.74, 6) is 0. The molecule has 0 bridgehead atoms. The quantitative estimate of drug-likeness (QED) is 0.818. The molecule has 0 fully saturated rings. The van der Waals surface area contributed by atoms with Crippen molar-refractivity contribution in [3.05, 3.63) is 30.1 Å². The molecule has 0 atom stereocenters. The van der Waals surface area contributed by atoms with Crippen LogP contribution in [0.25, 0.3) is 0 Å². The van der Waals surface area contributed by atoms with E-state index in [1.54, 1.807) is 0 Å². The monoisotopic (exact) mass is 301 g/mol. The molecule has 0 amide bonds. The van der Waals surface area contributed by atoms with Crippen LogP contribution in [0.15, 0.2) is 24.5 Å². The van der Waals surface area contributed by atoms with Crippen molar-refractivity contribution in [1.82, 2.24) is 15.2 Å². The van der Waals surface area contributed by atoms with Crippen LogP contribution in [0.3, 0.4) is 0 Å². The van der Waals surface area contributed by atoms with E-state index in [0.29, 0.717) is 0 Å². The predicted molar refractivity (Wildman–Crippen MR) is 80.9 cm³/mol. The van der Waals surface area contributed by atoms with Gasteiger partial charge in [-0.2, -0.15) is 0 Å². The molecule has 1 N–H and O–H groups in total. The van der Waals surface area contributed by atoms with E-state index in [4.69, 9.17) is 0 Å². The standard InChI is InChI=1S/C11H19N3.3ClH/c1-12-6-3-9-14(2)10-11-4-7-13-8-5-11;;;/h4-5,7-8,12H,3,6,9-10H2,1-2H3;3*1H. The Morgan fingerprint density at radius 1 is 1.18 bits per heavy atom. The maximum Gasteiger partial charge on any atom is 0.0271 e. The van der Waals surface area contributed by atoms with Crippen LogP contribution in [0.4, 0.5) is 0 Å². The SMILES string of the molecule is CNCCCN(C)Cc1ccncc1.Cl.Cl.Cl. The Morgan fingerprint density at radius 2 is 1.76 bits per heavy atom. The van der Waals surface area contributed by atoms with Gasteiger partial charge in [0.05, 0.1) is 0 Å². The van der Waals surface area contributed by atoms with Crippen molar-refractivity contribution in [3.63, 3.8) is 0 Å². The molecule has 0 unspecified atom stereocenters. The molecule has 1 aromatic rings. The van der Waals surface area contributed by atoms with E-state index in [1.165, 1.54) is 12.0 Å². The zero-order valence-electron chi connectivity index (χ0n) is 10.3. The molecule has 1 heterocycles. The molecule has 0 spiro atoms. The highest BCUT2D eigenvalue weighted by atomic mass is 35.5. The van der Waals surface area contributed by atoms with Crippen molar-refractivity contribution in [2.24, 2.45) is 0 Å². The van der Waals surface area contributed by atoms with Crippen LogP contribution in [0.5, 0.6) is 0 Å². The summed E-state index contributed by atoms with van der Waals surface area (Å²) in [7, 11) is 4.14. The van der Waals surface area contributed by atoms with Crippen LogP contribution < -0.4 is 5.32 Å². The Kier molecular flexibility index (Phi) is 18.2. The number of nitrogens with one attached hydrogen (secondary N) is 1. The highest BCUT2D eigenvalue weighted by Crippen LogP contribution is 2.00. The van der Waals surface area contributed by atoms with Gasteiger partial charge in [0.15, 0.2) is 0 Å². The summed E-state index contributed by atoms with van der Waals surface area (Å²) >= 11 is 0. The van der Waals surface area contributed by atoms with Crippen molar-refractivity contribution in [2.75, 3.05) is 27.2 Å². The first kappa shape index (κ1) is 22.1. The molecule has 0 aliphatic heterocycles. The normalized spacial score (nSPS) is 8.88. The van der Waals surface area contributed by atoms with Gasteiger partial charge in [0.25, 0.3) is 0 Å². The zero-order valence-corrected chi connectivity index (χ0v) is 12.7. The van der Waals surface area contributed by atoms with Gasteiger partial charge in [0, 0.05) is 18.9 Å². The third kappa shape index (κ3) is 10.8. The fourth-order valence-electron chi connectivity index (χ4n) is 1.40. The Labute approximate surface area is 123 Å². The lowest BCUT2D eigenvalue weighted by atomic mass is 10.2. The third-order valence-electron chi connectivity index (χ3n) is 2.17. The highest BCUT2D eigenvalue weighted by molar-refractivity contribution is 5.86. The van der Waals surface area contributed by atoms with Crippen molar-refractivity contribution in [1.29, 1.82) is 0 Å². The minimum Gasteiger partial charge on any atom is -0.320 e. The molecule has 0 radical (unpaired) electrons. The van der Waals surface area contributed by atoms with Gasteiger partial charge < -0.3 is 10.2 Å². The van der Waals surface area contributed by atoms with E-state index in [-0.39, 0.29) is 37.2 Å². The fraction of sp³-hybridized carbons (Fsp3) is 0.545. The van der Waals surface area contributed by atoms with Crippen LogP contribution in [0, 0.1) is 0 Å². The summed E-state index contributed by atoms with van der Waals surface area (Å²) in [6.45, 7) is 3.22. The molecule has 0 saturated carbocycles. The van der Waals surface area contributed by atoms with Gasteiger partial charge in [-0.3, -0.25) is 4.98 Å². The second-order valence-electron chi connectivity index (χ2n) is 3.55. The fourth-order valence-corrected chi connectivity index (χ4v) is 1.40. The summed E-state index contributed by atoms with van der Waals surface area (Å²) < 4.78 is 0. The number of hydrogen-bond acceptors (Lipinski definition) is 3. The van der Waals surface area contributed by atoms with Gasteiger partial charge in [0.2, 0.25) is 0 Å². The molecule has 102 valence electrons. The van der Waals surface area contributed by atoms with Crippen molar-refractivity contribution >= 4 is 37.2 Å². The lowest BCUT2D eigenvalue weighted by molar-refractivity contribution is 0.321. The van der Waals surface area contributed by atoms with Crippen molar-refractivity contribution < 1.29 is 0 Å². The number of pyridine rings is 1. The Bertz CT molecular complexity index is 247. The Morgan fingerprint density at radius 3 is 2.29 bits per heavy atom. The summed E-state index contributed by atoms with van der Waals surface area (Å²) in [5.41, 5.74) is 1.33. The van der Waals surface area contributed by atoms with Crippen LogP contribution in [-0.4, -0.2) is 37.1 Å². The lowest BCUT2D eigenvalue weighted by Gasteiger charge is -2.16. The van der Waals surface area contributed by atoms with Gasteiger partial charge >= 0.3 is 0 Å². The second-order valence-corrected chi connectivity index (χ2v) is 3.55. The molecule has 1 aromatic heterocycles. The lowest BCUT2D eigenvalue weighted by Crippen LogP contribution is -2.22. The van der Waals surface area contributed by atoms with Crippen LogP contribution >= 0.6 is 37.2 Å². The minimum absolute atomic E-state index is 0. The molecule has 3 nitrogen and oxygen atoms in total. The number of aromatic nitrogens is 1. The summed E-state index contributed by atoms with van der Waals surface area (Å²) in [6, 6.07) is 4.13. The number of halogens is 3. The van der Waals surface area contributed by atoms with Crippen LogP contribution in [0.1, 0.15) is 12.0 Å². The van der Waals surface area contributed by atoms with E-state index in [2.05, 4.69) is 34.4 Å². The van der Waals surface area contributed by atoms with E-state index >= 15 is 0 Å². The van der Waals surface area contributed by atoms with Gasteiger partial charge in [0.1, 0.15) is 0 Å².